The van der Waals surface area contributed by atoms with Crippen molar-refractivity contribution in [2.75, 3.05) is 0 Å². The second-order valence-corrected chi connectivity index (χ2v) is 7.05. The largest absolute Gasteiger partial charge is 1.00 e. The number of hydrogen-bond donors (Lipinski definition) is 0. The first-order valence-electron chi connectivity index (χ1n) is 7.58. The molecule has 2 aromatic rings. The van der Waals surface area contributed by atoms with Gasteiger partial charge < -0.3 is 24.8 Å². The van der Waals surface area contributed by atoms with Crippen LogP contribution in [0.5, 0.6) is 0 Å². The van der Waals surface area contributed by atoms with Gasteiger partial charge in [-0.3, -0.25) is 0 Å². The minimum Gasteiger partial charge on any atom is -1.00 e. The van der Waals surface area contributed by atoms with E-state index in [-0.39, 0.29) is 24.8 Å². The Morgan fingerprint density at radius 3 is 2.50 bits per heavy atom. The summed E-state index contributed by atoms with van der Waals surface area (Å²) in [6.07, 6.45) is 14.1. The summed E-state index contributed by atoms with van der Waals surface area (Å²) in [4.78, 5) is 0. The molecule has 2 aromatic carbocycles. The fourth-order valence-corrected chi connectivity index (χ4v) is 5.02. The standard InChI is InChI=1S/C21H15.2ClH.Zr/c1-2-7-17-18-10-5-6-11-19(18)20-13-12-16(14-21(17)20)15-8-3-4-9-15;;;/h1,3-6,8,10-13,17H,7,9H2;2*1H;/q;;;+2/p-2. The molecule has 0 heterocycles. The molecule has 3 heteroatoms. The van der Waals surface area contributed by atoms with Gasteiger partial charge in [0.15, 0.2) is 0 Å². The van der Waals surface area contributed by atoms with Gasteiger partial charge in [-0.25, -0.2) is 0 Å². The molecule has 0 saturated heterocycles. The normalized spacial score (nSPS) is 16.4. The van der Waals surface area contributed by atoms with E-state index in [0.29, 0.717) is 5.92 Å². The van der Waals surface area contributed by atoms with Crippen molar-refractivity contribution in [3.05, 3.63) is 71.3 Å². The molecule has 0 radical (unpaired) electrons. The van der Waals surface area contributed by atoms with E-state index in [1.54, 1.807) is 0 Å². The summed E-state index contributed by atoms with van der Waals surface area (Å²) in [5.41, 5.74) is 8.48. The van der Waals surface area contributed by atoms with Gasteiger partial charge in [0.1, 0.15) is 0 Å². The molecule has 0 nitrogen and oxygen atoms in total. The molecule has 2 aliphatic carbocycles. The zero-order valence-electron chi connectivity index (χ0n) is 13.0. The van der Waals surface area contributed by atoms with Gasteiger partial charge in [0.05, 0.1) is 0 Å². The number of terminal acetylenes is 1. The Kier molecular flexibility index (Phi) is 6.33. The minimum absolute atomic E-state index is 0. The Balaban J connectivity index is 0.00000104. The van der Waals surface area contributed by atoms with Crippen LogP contribution >= 0.6 is 0 Å². The van der Waals surface area contributed by atoms with Crippen LogP contribution in [0.4, 0.5) is 0 Å². The van der Waals surface area contributed by atoms with E-state index in [0.717, 1.165) is 12.8 Å². The zero-order chi connectivity index (χ0) is 15.1. The van der Waals surface area contributed by atoms with Gasteiger partial charge in [-0.2, -0.15) is 0 Å². The summed E-state index contributed by atoms with van der Waals surface area (Å²) in [6.45, 7) is 0. The van der Waals surface area contributed by atoms with Gasteiger partial charge in [-0.15, -0.1) is 0 Å². The van der Waals surface area contributed by atoms with E-state index in [2.05, 4.69) is 60.5 Å². The summed E-state index contributed by atoms with van der Waals surface area (Å²) < 4.78 is 1.48. The SMILES string of the molecule is C#CCC1c2ccccc2-c2ccc(C3=CC=CC3)[c]([Zr+2])c21.[Cl-].[Cl-]. The van der Waals surface area contributed by atoms with Crippen LogP contribution < -0.4 is 28.1 Å². The Bertz CT molecular complexity index is 872. The molecule has 0 N–H and O–H groups in total. The Morgan fingerprint density at radius 2 is 1.79 bits per heavy atom. The van der Waals surface area contributed by atoms with Crippen LogP contribution in [0.25, 0.3) is 16.7 Å². The molecule has 0 saturated carbocycles. The molecule has 0 amide bonds. The Hall–Kier alpha value is -1.06. The summed E-state index contributed by atoms with van der Waals surface area (Å²) in [5.74, 6) is 3.25. The van der Waals surface area contributed by atoms with E-state index in [1.165, 1.54) is 61.4 Å². The predicted octanol–water partition coefficient (Wildman–Crippen LogP) is -1.65. The van der Waals surface area contributed by atoms with Crippen LogP contribution in [0.2, 0.25) is 0 Å². The van der Waals surface area contributed by atoms with Crippen molar-refractivity contribution in [2.45, 2.75) is 18.8 Å². The second kappa shape index (κ2) is 7.88. The quantitative estimate of drug-likeness (QED) is 0.502. The van der Waals surface area contributed by atoms with E-state index in [9.17, 15) is 0 Å². The first-order valence-corrected chi connectivity index (χ1v) is 8.81. The smallest absolute Gasteiger partial charge is 1.00 e. The number of fused-ring (bicyclic) bond motifs is 3. The number of hydrogen-bond acceptors (Lipinski definition) is 0. The third kappa shape index (κ3) is 2.97. The number of rotatable bonds is 2. The molecule has 0 aliphatic heterocycles. The maximum absolute atomic E-state index is 5.67. The molecule has 117 valence electrons. The van der Waals surface area contributed by atoms with Crippen molar-refractivity contribution < 1.29 is 49.5 Å². The first kappa shape index (κ1) is 19.3. The average molecular weight is 429 g/mol. The molecular weight excluding hydrogens is 414 g/mol. The van der Waals surface area contributed by atoms with Crippen molar-refractivity contribution >= 4 is 8.84 Å². The maximum atomic E-state index is 5.67. The third-order valence-electron chi connectivity index (χ3n) is 4.66. The topological polar surface area (TPSA) is 0 Å². The molecule has 0 fully saturated rings. The van der Waals surface area contributed by atoms with Gasteiger partial charge in [0.2, 0.25) is 0 Å². The van der Waals surface area contributed by atoms with Crippen LogP contribution in [0, 0.1) is 12.3 Å². The minimum atomic E-state index is 0. The monoisotopic (exact) mass is 427 g/mol. The Labute approximate surface area is 171 Å². The summed E-state index contributed by atoms with van der Waals surface area (Å²) in [7, 11) is 0. The van der Waals surface area contributed by atoms with Crippen molar-refractivity contribution in [3.63, 3.8) is 0 Å². The zero-order valence-corrected chi connectivity index (χ0v) is 17.0. The van der Waals surface area contributed by atoms with E-state index in [1.807, 2.05) is 0 Å². The van der Waals surface area contributed by atoms with E-state index < -0.39 is 0 Å². The summed E-state index contributed by atoms with van der Waals surface area (Å²) in [6, 6.07) is 13.3. The van der Waals surface area contributed by atoms with Crippen LogP contribution in [-0.2, 0) is 24.7 Å². The van der Waals surface area contributed by atoms with Gasteiger partial charge in [-0.1, -0.05) is 0 Å². The predicted molar refractivity (Wildman–Crippen MR) is 88.5 cm³/mol. The average Bonchev–Trinajstić information content (AvgIpc) is 3.16. The molecule has 24 heavy (non-hydrogen) atoms. The fraction of sp³-hybridized carbons (Fsp3) is 0.143. The van der Waals surface area contributed by atoms with Crippen LogP contribution in [-0.4, -0.2) is 0 Å². The molecular formula is C21H15Cl2Zr. The van der Waals surface area contributed by atoms with Crippen molar-refractivity contribution in [1.29, 1.82) is 0 Å². The Morgan fingerprint density at radius 1 is 1.04 bits per heavy atom. The van der Waals surface area contributed by atoms with E-state index in [4.69, 9.17) is 6.42 Å². The number of halogens is 2. The first-order chi connectivity index (χ1) is 10.8. The van der Waals surface area contributed by atoms with Crippen LogP contribution in [0.1, 0.15) is 35.4 Å². The molecule has 0 aromatic heterocycles. The molecule has 4 rings (SSSR count). The van der Waals surface area contributed by atoms with Crippen molar-refractivity contribution in [3.8, 4) is 23.5 Å². The van der Waals surface area contributed by atoms with Gasteiger partial charge in [-0.05, 0) is 0 Å². The third-order valence-corrected chi connectivity index (χ3v) is 5.98. The summed E-state index contributed by atoms with van der Waals surface area (Å²) >= 11 is 1.47. The fourth-order valence-electron chi connectivity index (χ4n) is 3.66. The second-order valence-electron chi connectivity index (χ2n) is 5.82. The van der Waals surface area contributed by atoms with Gasteiger partial charge in [0, 0.05) is 0 Å². The van der Waals surface area contributed by atoms with Gasteiger partial charge in [0.25, 0.3) is 0 Å². The van der Waals surface area contributed by atoms with Crippen LogP contribution in [0.15, 0.2) is 54.6 Å². The molecule has 2 aliphatic rings. The maximum Gasteiger partial charge on any atom is -1.00 e. The molecule has 1 unspecified atom stereocenters. The van der Waals surface area contributed by atoms with Crippen molar-refractivity contribution in [2.24, 2.45) is 0 Å². The number of allylic oxidation sites excluding steroid dienone is 4. The molecule has 1 atom stereocenters. The van der Waals surface area contributed by atoms with Gasteiger partial charge >= 0.3 is 147 Å². The molecule has 0 spiro atoms. The number of benzene rings is 2. The molecule has 0 bridgehead atoms. The van der Waals surface area contributed by atoms with Crippen LogP contribution in [0.3, 0.4) is 0 Å². The van der Waals surface area contributed by atoms with E-state index >= 15 is 0 Å². The van der Waals surface area contributed by atoms with Crippen molar-refractivity contribution in [1.82, 2.24) is 0 Å². The summed E-state index contributed by atoms with van der Waals surface area (Å²) in [5, 5.41) is 0.